The van der Waals surface area contributed by atoms with E-state index in [1.54, 1.807) is 6.20 Å². The van der Waals surface area contributed by atoms with Crippen LogP contribution in [0, 0.1) is 6.92 Å². The Labute approximate surface area is 158 Å². The summed E-state index contributed by atoms with van der Waals surface area (Å²) in [4.78, 5) is 19.0. The van der Waals surface area contributed by atoms with E-state index in [1.165, 1.54) is 5.56 Å². The first kappa shape index (κ1) is 17.2. The fourth-order valence-corrected chi connectivity index (χ4v) is 3.61. The molecule has 0 bridgehead atoms. The molecule has 4 rings (SSSR count). The van der Waals surface area contributed by atoms with Gasteiger partial charge in [0.2, 0.25) is 5.95 Å². The molecule has 0 spiro atoms. The van der Waals surface area contributed by atoms with E-state index in [0.29, 0.717) is 11.7 Å². The fraction of sp³-hybridized carbons (Fsp3) is 0.300. The summed E-state index contributed by atoms with van der Waals surface area (Å²) in [6.45, 7) is 3.73. The molecule has 1 aromatic carbocycles. The second-order valence-electron chi connectivity index (χ2n) is 6.90. The van der Waals surface area contributed by atoms with Crippen LogP contribution in [-0.4, -0.2) is 33.0 Å². The zero-order valence-corrected chi connectivity index (χ0v) is 15.3. The summed E-state index contributed by atoms with van der Waals surface area (Å²) in [6, 6.07) is 8.69. The molecular formula is C20H23N7. The van der Waals surface area contributed by atoms with Gasteiger partial charge >= 0.3 is 0 Å². The van der Waals surface area contributed by atoms with Gasteiger partial charge in [0, 0.05) is 31.0 Å². The van der Waals surface area contributed by atoms with Crippen LogP contribution in [0.1, 0.15) is 30.1 Å². The normalized spacial score (nSPS) is 15.1. The van der Waals surface area contributed by atoms with Crippen molar-refractivity contribution < 1.29 is 0 Å². The molecule has 3 aromatic rings. The highest BCUT2D eigenvalue weighted by molar-refractivity contribution is 5.64. The summed E-state index contributed by atoms with van der Waals surface area (Å²) in [7, 11) is 0. The Balaban J connectivity index is 1.48. The van der Waals surface area contributed by atoms with Gasteiger partial charge in [0.25, 0.3) is 0 Å². The van der Waals surface area contributed by atoms with Crippen molar-refractivity contribution in [1.29, 1.82) is 0 Å². The number of aromatic nitrogens is 4. The van der Waals surface area contributed by atoms with Crippen molar-refractivity contribution in [1.82, 2.24) is 19.9 Å². The Kier molecular flexibility index (Phi) is 4.58. The highest BCUT2D eigenvalue weighted by Crippen LogP contribution is 2.33. The molecule has 0 aliphatic carbocycles. The van der Waals surface area contributed by atoms with Crippen LogP contribution in [0.25, 0.3) is 11.1 Å². The first-order valence-electron chi connectivity index (χ1n) is 9.12. The number of nitrogen functional groups attached to an aromatic ring is 2. The lowest BCUT2D eigenvalue weighted by atomic mass is 9.88. The smallest absolute Gasteiger partial charge is 0.222 e. The molecule has 0 atom stereocenters. The number of hydrogen-bond donors (Lipinski definition) is 2. The summed E-state index contributed by atoms with van der Waals surface area (Å²) >= 11 is 0. The van der Waals surface area contributed by atoms with Crippen LogP contribution >= 0.6 is 0 Å². The Morgan fingerprint density at radius 2 is 1.70 bits per heavy atom. The van der Waals surface area contributed by atoms with Crippen LogP contribution in [0.4, 0.5) is 17.5 Å². The average molecular weight is 361 g/mol. The maximum absolute atomic E-state index is 6.01. The molecule has 7 nitrogen and oxygen atoms in total. The molecule has 7 heteroatoms. The standard InChI is InChI=1S/C20H23N7/c1-13-23-10-17(11-24-13)16-4-2-3-15(9-16)14-5-7-27(8-6-14)18-12-25-20(22)26-19(18)21/h2-4,9-12,14H,5-8H2,1H3,(H4,21,22,25,26). The third kappa shape index (κ3) is 3.67. The number of aryl methyl sites for hydroxylation is 1. The van der Waals surface area contributed by atoms with E-state index in [2.05, 4.69) is 49.1 Å². The molecule has 1 saturated heterocycles. The second kappa shape index (κ2) is 7.19. The monoisotopic (exact) mass is 361 g/mol. The van der Waals surface area contributed by atoms with Crippen molar-refractivity contribution in [2.24, 2.45) is 0 Å². The minimum absolute atomic E-state index is 0.211. The van der Waals surface area contributed by atoms with E-state index in [9.17, 15) is 0 Å². The van der Waals surface area contributed by atoms with E-state index >= 15 is 0 Å². The molecule has 138 valence electrons. The first-order valence-corrected chi connectivity index (χ1v) is 9.12. The van der Waals surface area contributed by atoms with Gasteiger partial charge in [-0.3, -0.25) is 0 Å². The van der Waals surface area contributed by atoms with E-state index in [-0.39, 0.29) is 5.95 Å². The molecule has 0 radical (unpaired) electrons. The van der Waals surface area contributed by atoms with Crippen molar-refractivity contribution in [3.63, 3.8) is 0 Å². The third-order valence-corrected chi connectivity index (χ3v) is 5.12. The van der Waals surface area contributed by atoms with Crippen LogP contribution in [0.2, 0.25) is 0 Å². The SMILES string of the molecule is Cc1ncc(-c2cccc(C3CCN(c4cnc(N)nc4N)CC3)c2)cn1. The van der Waals surface area contributed by atoms with E-state index < -0.39 is 0 Å². The summed E-state index contributed by atoms with van der Waals surface area (Å²) in [5.74, 6) is 1.96. The Morgan fingerprint density at radius 1 is 0.963 bits per heavy atom. The number of benzene rings is 1. The summed E-state index contributed by atoms with van der Waals surface area (Å²) in [5.41, 5.74) is 16.0. The van der Waals surface area contributed by atoms with Crippen molar-refractivity contribution in [3.05, 3.63) is 54.2 Å². The molecule has 1 fully saturated rings. The van der Waals surface area contributed by atoms with Crippen molar-refractivity contribution in [2.75, 3.05) is 29.5 Å². The lowest BCUT2D eigenvalue weighted by Crippen LogP contribution is -2.33. The van der Waals surface area contributed by atoms with Gasteiger partial charge < -0.3 is 16.4 Å². The summed E-state index contributed by atoms with van der Waals surface area (Å²) < 4.78 is 0. The molecule has 1 aliphatic heterocycles. The van der Waals surface area contributed by atoms with Gasteiger partial charge in [-0.05, 0) is 36.8 Å². The molecule has 2 aromatic heterocycles. The van der Waals surface area contributed by atoms with Crippen LogP contribution in [-0.2, 0) is 0 Å². The van der Waals surface area contributed by atoms with E-state index in [0.717, 1.165) is 48.6 Å². The summed E-state index contributed by atoms with van der Waals surface area (Å²) in [5, 5.41) is 0. The Hall–Kier alpha value is -3.22. The largest absolute Gasteiger partial charge is 0.382 e. The quantitative estimate of drug-likeness (QED) is 0.738. The topological polar surface area (TPSA) is 107 Å². The van der Waals surface area contributed by atoms with Crippen molar-refractivity contribution >= 4 is 17.5 Å². The van der Waals surface area contributed by atoms with E-state index in [1.807, 2.05) is 19.3 Å². The van der Waals surface area contributed by atoms with Crippen molar-refractivity contribution in [3.8, 4) is 11.1 Å². The Bertz CT molecular complexity index is 931. The average Bonchev–Trinajstić information content (AvgIpc) is 2.69. The van der Waals surface area contributed by atoms with Crippen LogP contribution in [0.15, 0.2) is 42.9 Å². The van der Waals surface area contributed by atoms with Crippen LogP contribution < -0.4 is 16.4 Å². The Morgan fingerprint density at radius 3 is 2.41 bits per heavy atom. The predicted octanol–water partition coefficient (Wildman–Crippen LogP) is 2.79. The highest BCUT2D eigenvalue weighted by atomic mass is 15.2. The lowest BCUT2D eigenvalue weighted by Gasteiger charge is -2.34. The maximum atomic E-state index is 6.01. The van der Waals surface area contributed by atoms with Gasteiger partial charge in [0.1, 0.15) is 5.82 Å². The van der Waals surface area contributed by atoms with Crippen LogP contribution in [0.3, 0.4) is 0 Å². The molecule has 1 aliphatic rings. The van der Waals surface area contributed by atoms with Gasteiger partial charge in [-0.15, -0.1) is 0 Å². The van der Waals surface area contributed by atoms with Gasteiger partial charge in [0.15, 0.2) is 5.82 Å². The summed E-state index contributed by atoms with van der Waals surface area (Å²) in [6.07, 6.45) is 7.59. The van der Waals surface area contributed by atoms with E-state index in [4.69, 9.17) is 11.5 Å². The predicted molar refractivity (Wildman–Crippen MR) is 107 cm³/mol. The molecule has 0 unspecified atom stereocenters. The number of hydrogen-bond acceptors (Lipinski definition) is 7. The molecule has 27 heavy (non-hydrogen) atoms. The number of rotatable bonds is 3. The maximum Gasteiger partial charge on any atom is 0.222 e. The number of nitrogens with two attached hydrogens (primary N) is 2. The molecular weight excluding hydrogens is 338 g/mol. The van der Waals surface area contributed by atoms with Crippen LogP contribution in [0.5, 0.6) is 0 Å². The minimum atomic E-state index is 0.211. The van der Waals surface area contributed by atoms with Gasteiger partial charge in [-0.1, -0.05) is 24.3 Å². The molecule has 0 saturated carbocycles. The molecule has 0 amide bonds. The zero-order chi connectivity index (χ0) is 18.8. The second-order valence-corrected chi connectivity index (χ2v) is 6.90. The number of anilines is 3. The minimum Gasteiger partial charge on any atom is -0.382 e. The third-order valence-electron chi connectivity index (χ3n) is 5.12. The van der Waals surface area contributed by atoms with Gasteiger partial charge in [-0.25, -0.2) is 15.0 Å². The fourth-order valence-electron chi connectivity index (χ4n) is 3.61. The molecule has 4 N–H and O–H groups in total. The van der Waals surface area contributed by atoms with Gasteiger partial charge in [-0.2, -0.15) is 4.98 Å². The zero-order valence-electron chi connectivity index (χ0n) is 15.3. The highest BCUT2D eigenvalue weighted by Gasteiger charge is 2.23. The number of nitrogens with zero attached hydrogens (tertiary/aromatic N) is 5. The van der Waals surface area contributed by atoms with Crippen molar-refractivity contribution in [2.45, 2.75) is 25.7 Å². The molecule has 3 heterocycles. The lowest BCUT2D eigenvalue weighted by molar-refractivity contribution is 0.505. The first-order chi connectivity index (χ1) is 13.1. The number of piperidine rings is 1. The van der Waals surface area contributed by atoms with Gasteiger partial charge in [0.05, 0.1) is 11.9 Å².